The molecule has 1 heterocycles. The highest BCUT2D eigenvalue weighted by molar-refractivity contribution is 5.56. The number of aromatic nitrogens is 2. The highest BCUT2D eigenvalue weighted by Crippen LogP contribution is 2.24. The highest BCUT2D eigenvalue weighted by atomic mass is 15.1. The van der Waals surface area contributed by atoms with Crippen LogP contribution < -0.4 is 10.6 Å². The van der Waals surface area contributed by atoms with Crippen LogP contribution in [0, 0.1) is 6.92 Å². The van der Waals surface area contributed by atoms with E-state index in [0.29, 0.717) is 6.04 Å². The second-order valence-corrected chi connectivity index (χ2v) is 4.71. The number of hydrogen-bond donors (Lipinski definition) is 2. The van der Waals surface area contributed by atoms with Crippen LogP contribution in [0.1, 0.15) is 44.6 Å². The molecule has 2 N–H and O–H groups in total. The molecule has 0 unspecified atom stereocenters. The fraction of sp³-hybridized carbons (Fsp3) is 0.692. The minimum Gasteiger partial charge on any atom is -0.370 e. The second-order valence-electron chi connectivity index (χ2n) is 4.71. The van der Waals surface area contributed by atoms with Gasteiger partial charge in [-0.25, -0.2) is 9.97 Å². The molecule has 1 aliphatic carbocycles. The van der Waals surface area contributed by atoms with Crippen molar-refractivity contribution in [3.63, 3.8) is 0 Å². The van der Waals surface area contributed by atoms with Crippen molar-refractivity contribution in [2.45, 2.75) is 52.0 Å². The molecule has 94 valence electrons. The Bertz CT molecular complexity index is 358. The van der Waals surface area contributed by atoms with Crippen molar-refractivity contribution < 1.29 is 0 Å². The van der Waals surface area contributed by atoms with Crippen LogP contribution in [0.4, 0.5) is 11.6 Å². The monoisotopic (exact) mass is 234 g/mol. The summed E-state index contributed by atoms with van der Waals surface area (Å²) in [5.74, 6) is 1.93. The lowest BCUT2D eigenvalue weighted by atomic mass is 9.95. The van der Waals surface area contributed by atoms with E-state index >= 15 is 0 Å². The number of hydrogen-bond acceptors (Lipinski definition) is 4. The first kappa shape index (κ1) is 12.1. The maximum absolute atomic E-state index is 4.35. The van der Waals surface area contributed by atoms with Crippen LogP contribution >= 0.6 is 0 Å². The number of rotatable bonds is 4. The summed E-state index contributed by atoms with van der Waals surface area (Å²) < 4.78 is 0. The molecule has 0 atom stereocenters. The largest absolute Gasteiger partial charge is 0.370 e. The van der Waals surface area contributed by atoms with Gasteiger partial charge in [-0.05, 0) is 26.7 Å². The van der Waals surface area contributed by atoms with Gasteiger partial charge in [-0.2, -0.15) is 0 Å². The van der Waals surface area contributed by atoms with Crippen LogP contribution in [0.3, 0.4) is 0 Å². The van der Waals surface area contributed by atoms with E-state index in [1.807, 2.05) is 0 Å². The lowest BCUT2D eigenvalue weighted by Crippen LogP contribution is -2.23. The Balaban J connectivity index is 2.06. The first-order valence-electron chi connectivity index (χ1n) is 6.63. The van der Waals surface area contributed by atoms with Crippen LogP contribution in [0.25, 0.3) is 0 Å². The second kappa shape index (κ2) is 5.84. The van der Waals surface area contributed by atoms with Crippen LogP contribution in [0.2, 0.25) is 0 Å². The molecule has 0 aliphatic heterocycles. The van der Waals surface area contributed by atoms with Gasteiger partial charge in [0.1, 0.15) is 18.0 Å². The van der Waals surface area contributed by atoms with Crippen molar-refractivity contribution in [1.29, 1.82) is 0 Å². The molecule has 0 bridgehead atoms. The third kappa shape index (κ3) is 3.08. The van der Waals surface area contributed by atoms with Crippen LogP contribution in [0.5, 0.6) is 0 Å². The fourth-order valence-electron chi connectivity index (χ4n) is 2.38. The van der Waals surface area contributed by atoms with Crippen LogP contribution in [-0.4, -0.2) is 22.6 Å². The summed E-state index contributed by atoms with van der Waals surface area (Å²) in [5.41, 5.74) is 1.12. The summed E-state index contributed by atoms with van der Waals surface area (Å²) in [7, 11) is 0. The Morgan fingerprint density at radius 3 is 2.59 bits per heavy atom. The van der Waals surface area contributed by atoms with E-state index in [-0.39, 0.29) is 0 Å². The predicted molar refractivity (Wildman–Crippen MR) is 71.4 cm³/mol. The van der Waals surface area contributed by atoms with E-state index in [0.717, 1.165) is 23.7 Å². The van der Waals surface area contributed by atoms with Gasteiger partial charge in [0.2, 0.25) is 0 Å². The summed E-state index contributed by atoms with van der Waals surface area (Å²) in [6.45, 7) is 5.04. The molecule has 0 radical (unpaired) electrons. The van der Waals surface area contributed by atoms with Gasteiger partial charge in [0, 0.05) is 18.2 Å². The van der Waals surface area contributed by atoms with E-state index in [1.165, 1.54) is 32.1 Å². The molecule has 1 aromatic heterocycles. The van der Waals surface area contributed by atoms with E-state index in [9.17, 15) is 0 Å². The highest BCUT2D eigenvalue weighted by Gasteiger charge is 2.15. The van der Waals surface area contributed by atoms with Gasteiger partial charge in [0.05, 0.1) is 0 Å². The maximum atomic E-state index is 4.35. The summed E-state index contributed by atoms with van der Waals surface area (Å²) >= 11 is 0. The SMILES string of the molecule is CCNc1ncnc(NC2CCCCC2)c1C. The van der Waals surface area contributed by atoms with Crippen LogP contribution in [-0.2, 0) is 0 Å². The molecule has 1 saturated carbocycles. The van der Waals surface area contributed by atoms with E-state index < -0.39 is 0 Å². The smallest absolute Gasteiger partial charge is 0.134 e. The van der Waals surface area contributed by atoms with Gasteiger partial charge in [-0.15, -0.1) is 0 Å². The van der Waals surface area contributed by atoms with Crippen molar-refractivity contribution in [2.75, 3.05) is 17.2 Å². The lowest BCUT2D eigenvalue weighted by molar-refractivity contribution is 0.461. The van der Waals surface area contributed by atoms with Gasteiger partial charge in [-0.3, -0.25) is 0 Å². The molecule has 1 fully saturated rings. The predicted octanol–water partition coefficient (Wildman–Crippen LogP) is 2.96. The lowest BCUT2D eigenvalue weighted by Gasteiger charge is -2.24. The minimum atomic E-state index is 0.590. The van der Waals surface area contributed by atoms with Gasteiger partial charge >= 0.3 is 0 Å². The Labute approximate surface area is 103 Å². The molecule has 0 saturated heterocycles. The zero-order chi connectivity index (χ0) is 12.1. The van der Waals surface area contributed by atoms with Crippen molar-refractivity contribution in [2.24, 2.45) is 0 Å². The van der Waals surface area contributed by atoms with E-state index in [1.54, 1.807) is 6.33 Å². The van der Waals surface area contributed by atoms with Crippen molar-refractivity contribution >= 4 is 11.6 Å². The molecular formula is C13H22N4. The van der Waals surface area contributed by atoms with Gasteiger partial charge in [0.25, 0.3) is 0 Å². The summed E-state index contributed by atoms with van der Waals surface area (Å²) in [4.78, 5) is 8.61. The Morgan fingerprint density at radius 1 is 1.18 bits per heavy atom. The number of nitrogens with one attached hydrogen (secondary N) is 2. The Kier molecular flexibility index (Phi) is 4.18. The zero-order valence-electron chi connectivity index (χ0n) is 10.8. The van der Waals surface area contributed by atoms with Crippen molar-refractivity contribution in [3.05, 3.63) is 11.9 Å². The average Bonchev–Trinajstić information content (AvgIpc) is 2.36. The molecule has 0 amide bonds. The molecule has 2 rings (SSSR count). The van der Waals surface area contributed by atoms with E-state index in [4.69, 9.17) is 0 Å². The quantitative estimate of drug-likeness (QED) is 0.841. The normalized spacial score (nSPS) is 16.8. The summed E-state index contributed by atoms with van der Waals surface area (Å²) in [5, 5.41) is 6.82. The molecule has 17 heavy (non-hydrogen) atoms. The van der Waals surface area contributed by atoms with Crippen molar-refractivity contribution in [3.8, 4) is 0 Å². The molecule has 1 aliphatic rings. The molecule has 4 heteroatoms. The third-order valence-corrected chi connectivity index (χ3v) is 3.37. The Hall–Kier alpha value is -1.32. The topological polar surface area (TPSA) is 49.8 Å². The average molecular weight is 234 g/mol. The van der Waals surface area contributed by atoms with Crippen LogP contribution in [0.15, 0.2) is 6.33 Å². The van der Waals surface area contributed by atoms with Gasteiger partial charge in [0.15, 0.2) is 0 Å². The van der Waals surface area contributed by atoms with E-state index in [2.05, 4.69) is 34.4 Å². The standard InChI is InChI=1S/C13H22N4/c1-3-14-12-10(2)13(16-9-15-12)17-11-7-5-4-6-8-11/h9,11H,3-8H2,1-2H3,(H2,14,15,16,17). The number of nitrogens with zero attached hydrogens (tertiary/aromatic N) is 2. The first-order valence-corrected chi connectivity index (χ1v) is 6.63. The maximum Gasteiger partial charge on any atom is 0.134 e. The van der Waals surface area contributed by atoms with Crippen molar-refractivity contribution in [1.82, 2.24) is 9.97 Å². The molecule has 1 aromatic rings. The summed E-state index contributed by atoms with van der Waals surface area (Å²) in [6.07, 6.45) is 8.21. The minimum absolute atomic E-state index is 0.590. The van der Waals surface area contributed by atoms with Gasteiger partial charge in [-0.1, -0.05) is 19.3 Å². The molecule has 4 nitrogen and oxygen atoms in total. The Morgan fingerprint density at radius 2 is 1.88 bits per heavy atom. The zero-order valence-corrected chi connectivity index (χ0v) is 10.8. The fourth-order valence-corrected chi connectivity index (χ4v) is 2.38. The summed E-state index contributed by atoms with van der Waals surface area (Å²) in [6, 6.07) is 0.590. The first-order chi connectivity index (χ1) is 8.31. The number of anilines is 2. The molecular weight excluding hydrogens is 212 g/mol. The molecule has 0 spiro atoms. The third-order valence-electron chi connectivity index (χ3n) is 3.37. The molecule has 0 aromatic carbocycles. The van der Waals surface area contributed by atoms with Gasteiger partial charge < -0.3 is 10.6 Å².